The number of rotatable bonds is 5. The van der Waals surface area contributed by atoms with Gasteiger partial charge in [0.15, 0.2) is 8.29 Å². The number of carbonyl (C=O) groups excluding carboxylic acids is 1. The van der Waals surface area contributed by atoms with Crippen LogP contribution in [0.4, 0.5) is 14.5 Å². The predicted molar refractivity (Wildman–Crippen MR) is 98.0 cm³/mol. The second kappa shape index (κ2) is 7.85. The Labute approximate surface area is 155 Å². The number of para-hydroxylation sites is 2. The molecule has 0 unspecified atom stereocenters. The zero-order valence-electron chi connectivity index (χ0n) is 12.6. The highest BCUT2D eigenvalue weighted by Crippen LogP contribution is 2.25. The Morgan fingerprint density at radius 3 is 2.52 bits per heavy atom. The summed E-state index contributed by atoms with van der Waals surface area (Å²) in [5, 5.41) is 6.60. The van der Waals surface area contributed by atoms with Crippen molar-refractivity contribution < 1.29 is 13.6 Å². The van der Waals surface area contributed by atoms with Gasteiger partial charge in [-0.2, -0.15) is 0 Å². The minimum absolute atomic E-state index is 0.0369. The minimum atomic E-state index is -0.817. The van der Waals surface area contributed by atoms with E-state index in [0.29, 0.717) is 8.29 Å². The van der Waals surface area contributed by atoms with Gasteiger partial charge in [-0.15, -0.1) is 5.10 Å². The zero-order valence-corrected chi connectivity index (χ0v) is 15.1. The summed E-state index contributed by atoms with van der Waals surface area (Å²) >= 11 is 7.70. The molecule has 0 radical (unpaired) electrons. The van der Waals surface area contributed by atoms with E-state index in [-0.39, 0.29) is 5.75 Å². The van der Waals surface area contributed by atoms with Crippen LogP contribution in [0.25, 0.3) is 5.69 Å². The second-order valence-electron chi connectivity index (χ2n) is 4.81. The molecule has 1 amide bonds. The Balaban J connectivity index is 1.66. The van der Waals surface area contributed by atoms with Crippen LogP contribution >= 0.6 is 35.3 Å². The third-order valence-electron chi connectivity index (χ3n) is 3.08. The first kappa shape index (κ1) is 17.7. The quantitative estimate of drug-likeness (QED) is 0.504. The summed E-state index contributed by atoms with van der Waals surface area (Å²) in [7, 11) is 0. The number of nitrogens with one attached hydrogen (secondary N) is 1. The standard InChI is InChI=1S/C16H11F2N3OS3/c17-11-7-4-8-12(18)14(11)19-13(22)9-24-15-20-21(16(23)25-15)10-5-2-1-3-6-10/h1-8H,9H2,(H,19,22). The third kappa shape index (κ3) is 4.30. The Bertz CT molecular complexity index is 937. The fourth-order valence-corrected chi connectivity index (χ4v) is 4.13. The van der Waals surface area contributed by atoms with Gasteiger partial charge in [-0.05, 0) is 36.5 Å². The van der Waals surface area contributed by atoms with Crippen molar-refractivity contribution in [3.05, 3.63) is 64.1 Å². The minimum Gasteiger partial charge on any atom is -0.320 e. The van der Waals surface area contributed by atoms with E-state index < -0.39 is 23.2 Å². The van der Waals surface area contributed by atoms with Crippen molar-refractivity contribution in [2.24, 2.45) is 0 Å². The van der Waals surface area contributed by atoms with E-state index in [2.05, 4.69) is 10.4 Å². The lowest BCUT2D eigenvalue weighted by atomic mass is 10.3. The lowest BCUT2D eigenvalue weighted by molar-refractivity contribution is -0.113. The molecule has 4 nitrogen and oxygen atoms in total. The number of carbonyl (C=O) groups is 1. The van der Waals surface area contributed by atoms with Gasteiger partial charge < -0.3 is 5.32 Å². The summed E-state index contributed by atoms with van der Waals surface area (Å²) in [4.78, 5) is 11.9. The number of benzene rings is 2. The SMILES string of the molecule is O=C(CSc1nn(-c2ccccc2)c(=S)s1)Nc1c(F)cccc1F. The van der Waals surface area contributed by atoms with E-state index in [1.165, 1.54) is 17.4 Å². The lowest BCUT2D eigenvalue weighted by Gasteiger charge is -2.06. The average molecular weight is 395 g/mol. The van der Waals surface area contributed by atoms with Gasteiger partial charge in [-0.1, -0.05) is 47.4 Å². The number of nitrogens with zero attached hydrogens (tertiary/aromatic N) is 2. The summed E-state index contributed by atoms with van der Waals surface area (Å²) in [6.45, 7) is 0. The molecule has 0 fully saturated rings. The topological polar surface area (TPSA) is 46.9 Å². The summed E-state index contributed by atoms with van der Waals surface area (Å²) in [6.07, 6.45) is 0. The Morgan fingerprint density at radius 1 is 1.16 bits per heavy atom. The largest absolute Gasteiger partial charge is 0.320 e. The number of halogens is 2. The Hall–Kier alpha value is -2.10. The van der Waals surface area contributed by atoms with Crippen LogP contribution in [0.2, 0.25) is 0 Å². The predicted octanol–water partition coefficient (Wildman–Crippen LogP) is 4.67. The lowest BCUT2D eigenvalue weighted by Crippen LogP contribution is -2.16. The molecular weight excluding hydrogens is 384 g/mol. The molecule has 0 aliphatic rings. The van der Waals surface area contributed by atoms with Crippen LogP contribution in [0.15, 0.2) is 52.9 Å². The molecule has 0 atom stereocenters. The van der Waals surface area contributed by atoms with Gasteiger partial charge in [0.25, 0.3) is 0 Å². The average Bonchev–Trinajstić information content (AvgIpc) is 2.98. The first-order valence-electron chi connectivity index (χ1n) is 7.07. The van der Waals surface area contributed by atoms with Crippen molar-refractivity contribution in [2.75, 3.05) is 11.1 Å². The molecule has 3 rings (SSSR count). The molecule has 1 heterocycles. The third-order valence-corrected chi connectivity index (χ3v) is 5.45. The van der Waals surface area contributed by atoms with Crippen LogP contribution in [0.3, 0.4) is 0 Å². The van der Waals surface area contributed by atoms with Crippen molar-refractivity contribution in [3.63, 3.8) is 0 Å². The normalized spacial score (nSPS) is 10.6. The van der Waals surface area contributed by atoms with Crippen LogP contribution in [0.1, 0.15) is 0 Å². The summed E-state index contributed by atoms with van der Waals surface area (Å²) in [6, 6.07) is 12.8. The molecule has 0 saturated heterocycles. The number of hydrogen-bond acceptors (Lipinski definition) is 5. The molecule has 9 heteroatoms. The van der Waals surface area contributed by atoms with Crippen molar-refractivity contribution in [1.82, 2.24) is 9.78 Å². The van der Waals surface area contributed by atoms with Crippen molar-refractivity contribution in [3.8, 4) is 5.69 Å². The second-order valence-corrected chi connectivity index (χ2v) is 7.66. The van der Waals surface area contributed by atoms with E-state index in [1.807, 2.05) is 30.3 Å². The van der Waals surface area contributed by atoms with Gasteiger partial charge >= 0.3 is 0 Å². The van der Waals surface area contributed by atoms with Gasteiger partial charge in [0.1, 0.15) is 17.3 Å². The number of aromatic nitrogens is 2. The Kier molecular flexibility index (Phi) is 5.57. The van der Waals surface area contributed by atoms with Crippen molar-refractivity contribution in [2.45, 2.75) is 4.34 Å². The highest BCUT2D eigenvalue weighted by atomic mass is 32.2. The molecule has 0 bridgehead atoms. The molecule has 25 heavy (non-hydrogen) atoms. The molecular formula is C16H11F2N3OS3. The van der Waals surface area contributed by atoms with Gasteiger partial charge in [0.05, 0.1) is 11.4 Å². The maximum Gasteiger partial charge on any atom is 0.234 e. The number of amides is 1. The first-order valence-corrected chi connectivity index (χ1v) is 9.28. The van der Waals surface area contributed by atoms with Crippen LogP contribution in [0.5, 0.6) is 0 Å². The molecule has 128 valence electrons. The maximum atomic E-state index is 13.5. The first-order chi connectivity index (χ1) is 12.0. The molecule has 0 spiro atoms. The van der Waals surface area contributed by atoms with E-state index >= 15 is 0 Å². The van der Waals surface area contributed by atoms with Gasteiger partial charge in [0.2, 0.25) is 5.91 Å². The zero-order chi connectivity index (χ0) is 17.8. The van der Waals surface area contributed by atoms with Crippen LogP contribution in [0, 0.1) is 15.6 Å². The van der Waals surface area contributed by atoms with E-state index in [1.54, 1.807) is 4.68 Å². The molecule has 3 aromatic rings. The van der Waals surface area contributed by atoms with Gasteiger partial charge in [0, 0.05) is 0 Å². The highest BCUT2D eigenvalue weighted by molar-refractivity contribution is 8.01. The molecule has 0 aliphatic carbocycles. The van der Waals surface area contributed by atoms with E-state index in [9.17, 15) is 13.6 Å². The van der Waals surface area contributed by atoms with Crippen LogP contribution < -0.4 is 5.32 Å². The summed E-state index contributed by atoms with van der Waals surface area (Å²) < 4.78 is 29.8. The van der Waals surface area contributed by atoms with Crippen molar-refractivity contribution in [1.29, 1.82) is 0 Å². The molecule has 1 N–H and O–H groups in total. The van der Waals surface area contributed by atoms with Crippen molar-refractivity contribution >= 4 is 46.9 Å². The molecule has 2 aromatic carbocycles. The van der Waals surface area contributed by atoms with Crippen LogP contribution in [-0.4, -0.2) is 21.4 Å². The summed E-state index contributed by atoms with van der Waals surface area (Å²) in [5.74, 6) is -2.20. The van der Waals surface area contributed by atoms with Crippen LogP contribution in [-0.2, 0) is 4.79 Å². The molecule has 1 aromatic heterocycles. The van der Waals surface area contributed by atoms with Gasteiger partial charge in [-0.3, -0.25) is 4.79 Å². The van der Waals surface area contributed by atoms with E-state index in [4.69, 9.17) is 12.2 Å². The molecule has 0 saturated carbocycles. The number of hydrogen-bond donors (Lipinski definition) is 1. The summed E-state index contributed by atoms with van der Waals surface area (Å²) in [5.41, 5.74) is 0.379. The van der Waals surface area contributed by atoms with E-state index in [0.717, 1.165) is 29.6 Å². The van der Waals surface area contributed by atoms with Gasteiger partial charge in [-0.25, -0.2) is 13.5 Å². The fourth-order valence-electron chi connectivity index (χ4n) is 1.97. The maximum absolute atomic E-state index is 13.5. The number of thioether (sulfide) groups is 1. The monoisotopic (exact) mass is 395 g/mol. The molecule has 0 aliphatic heterocycles. The Morgan fingerprint density at radius 2 is 1.84 bits per heavy atom. The smallest absolute Gasteiger partial charge is 0.234 e. The number of anilines is 1. The highest BCUT2D eigenvalue weighted by Gasteiger charge is 2.13. The fraction of sp³-hybridized carbons (Fsp3) is 0.0625.